The summed E-state index contributed by atoms with van der Waals surface area (Å²) >= 11 is 5.85. The van der Waals surface area contributed by atoms with Gasteiger partial charge in [0.15, 0.2) is 0 Å². The lowest BCUT2D eigenvalue weighted by molar-refractivity contribution is -0.120. The number of aromatic nitrogens is 2. The van der Waals surface area contributed by atoms with E-state index in [-0.39, 0.29) is 17.3 Å². The maximum atomic E-state index is 13.0. The molecule has 2 heterocycles. The lowest BCUT2D eigenvalue weighted by atomic mass is 9.99. The van der Waals surface area contributed by atoms with Gasteiger partial charge in [0.1, 0.15) is 4.90 Å². The Morgan fingerprint density at radius 3 is 2.62 bits per heavy atom. The van der Waals surface area contributed by atoms with Gasteiger partial charge in [0, 0.05) is 23.8 Å². The molecule has 0 radical (unpaired) electrons. The molecule has 2 aromatic rings. The van der Waals surface area contributed by atoms with Crippen LogP contribution in [0.2, 0.25) is 5.02 Å². The molecule has 7 nitrogen and oxygen atoms in total. The summed E-state index contributed by atoms with van der Waals surface area (Å²) in [6.07, 6.45) is 1.28. The number of halogens is 1. The van der Waals surface area contributed by atoms with Crippen molar-refractivity contribution < 1.29 is 13.2 Å². The minimum Gasteiger partial charge on any atom is -0.326 e. The fourth-order valence-electron chi connectivity index (χ4n) is 3.20. The first-order valence-corrected chi connectivity index (χ1v) is 10.2. The minimum absolute atomic E-state index is 0.159. The molecule has 2 N–H and O–H groups in total. The van der Waals surface area contributed by atoms with Crippen molar-refractivity contribution in [3.63, 3.8) is 0 Å². The van der Waals surface area contributed by atoms with Crippen LogP contribution in [0.4, 0.5) is 5.69 Å². The van der Waals surface area contributed by atoms with Gasteiger partial charge in [-0.15, -0.1) is 0 Å². The highest BCUT2D eigenvalue weighted by atomic mass is 35.5. The highest BCUT2D eigenvalue weighted by Gasteiger charge is 2.35. The number of benzene rings is 1. The minimum atomic E-state index is -3.68. The third-order valence-electron chi connectivity index (χ3n) is 4.53. The van der Waals surface area contributed by atoms with Gasteiger partial charge in [-0.05, 0) is 51.0 Å². The van der Waals surface area contributed by atoms with Crippen molar-refractivity contribution in [2.45, 2.75) is 31.6 Å². The Bertz CT molecular complexity index is 889. The van der Waals surface area contributed by atoms with Gasteiger partial charge in [0.25, 0.3) is 0 Å². The summed E-state index contributed by atoms with van der Waals surface area (Å²) in [5, 5.41) is 10.1. The number of carbonyl (C=O) groups is 1. The number of anilines is 1. The standard InChI is InChI=1S/C17H21ClN4O3S/c1-11-16(12(2)21-20-11)26(24,25)22-9-3-4-13(10-22)17(23)19-15-7-5-14(18)6-8-15/h5-8,13H,3-4,9-10H2,1-2H3,(H,19,23)(H,20,21)/t13-/m0/s1. The molecule has 0 spiro atoms. The molecule has 1 atom stereocenters. The predicted octanol–water partition coefficient (Wildman–Crippen LogP) is 2.72. The Morgan fingerprint density at radius 1 is 1.31 bits per heavy atom. The Morgan fingerprint density at radius 2 is 2.00 bits per heavy atom. The van der Waals surface area contributed by atoms with Crippen LogP contribution in [0, 0.1) is 19.8 Å². The number of aromatic amines is 1. The number of hydrogen-bond acceptors (Lipinski definition) is 4. The van der Waals surface area contributed by atoms with Crippen LogP contribution in [0.5, 0.6) is 0 Å². The fourth-order valence-corrected chi connectivity index (χ4v) is 5.18. The van der Waals surface area contributed by atoms with Crippen LogP contribution < -0.4 is 5.32 Å². The average molecular weight is 397 g/mol. The van der Waals surface area contributed by atoms with Gasteiger partial charge in [0.2, 0.25) is 15.9 Å². The Kier molecular flexibility index (Phi) is 5.36. The van der Waals surface area contributed by atoms with E-state index in [0.29, 0.717) is 41.5 Å². The molecule has 0 bridgehead atoms. The molecule has 1 aliphatic rings. The molecule has 1 amide bonds. The zero-order chi connectivity index (χ0) is 18.9. The number of piperidine rings is 1. The maximum absolute atomic E-state index is 13.0. The summed E-state index contributed by atoms with van der Waals surface area (Å²) in [4.78, 5) is 12.8. The second-order valence-corrected chi connectivity index (χ2v) is 8.77. The Labute approximate surface area is 157 Å². The van der Waals surface area contributed by atoms with Crippen LogP contribution in [-0.4, -0.2) is 41.9 Å². The number of sulfonamides is 1. The fraction of sp³-hybridized carbons (Fsp3) is 0.412. The largest absolute Gasteiger partial charge is 0.326 e. The molecule has 26 heavy (non-hydrogen) atoms. The molecule has 1 fully saturated rings. The van der Waals surface area contributed by atoms with Crippen LogP contribution in [0.1, 0.15) is 24.2 Å². The van der Waals surface area contributed by atoms with E-state index in [2.05, 4.69) is 15.5 Å². The van der Waals surface area contributed by atoms with Crippen LogP contribution in [0.15, 0.2) is 29.2 Å². The van der Waals surface area contributed by atoms with Crippen molar-refractivity contribution >= 4 is 33.2 Å². The van der Waals surface area contributed by atoms with Gasteiger partial charge < -0.3 is 5.32 Å². The Hall–Kier alpha value is -1.90. The quantitative estimate of drug-likeness (QED) is 0.830. The lowest BCUT2D eigenvalue weighted by Gasteiger charge is -2.31. The summed E-state index contributed by atoms with van der Waals surface area (Å²) in [7, 11) is -3.68. The van der Waals surface area contributed by atoms with E-state index >= 15 is 0 Å². The normalized spacial score (nSPS) is 18.7. The average Bonchev–Trinajstić information content (AvgIpc) is 2.96. The molecule has 1 aliphatic heterocycles. The number of nitrogens with one attached hydrogen (secondary N) is 2. The molecule has 140 valence electrons. The van der Waals surface area contributed by atoms with Crippen molar-refractivity contribution in [3.05, 3.63) is 40.7 Å². The number of H-pyrrole nitrogens is 1. The van der Waals surface area contributed by atoms with Gasteiger partial charge >= 0.3 is 0 Å². The molecule has 0 aliphatic carbocycles. The van der Waals surface area contributed by atoms with E-state index in [9.17, 15) is 13.2 Å². The SMILES string of the molecule is Cc1n[nH]c(C)c1S(=O)(=O)N1CCC[C@H](C(=O)Nc2ccc(Cl)cc2)C1. The number of nitrogens with zero attached hydrogens (tertiary/aromatic N) is 2. The Balaban J connectivity index is 1.74. The molecule has 9 heteroatoms. The van der Waals surface area contributed by atoms with Crippen LogP contribution in [0.3, 0.4) is 0 Å². The van der Waals surface area contributed by atoms with Gasteiger partial charge in [-0.1, -0.05) is 11.6 Å². The van der Waals surface area contributed by atoms with Crippen LogP contribution in [-0.2, 0) is 14.8 Å². The summed E-state index contributed by atoms with van der Waals surface area (Å²) in [5.74, 6) is -0.588. The lowest BCUT2D eigenvalue weighted by Crippen LogP contribution is -2.43. The van der Waals surface area contributed by atoms with Gasteiger partial charge in [-0.3, -0.25) is 9.89 Å². The first kappa shape index (κ1) is 18.9. The van der Waals surface area contributed by atoms with E-state index in [4.69, 9.17) is 11.6 Å². The van der Waals surface area contributed by atoms with Crippen molar-refractivity contribution in [1.29, 1.82) is 0 Å². The summed E-state index contributed by atoms with van der Waals surface area (Å²) in [6, 6.07) is 6.82. The van der Waals surface area contributed by atoms with Crippen molar-refractivity contribution in [3.8, 4) is 0 Å². The first-order valence-electron chi connectivity index (χ1n) is 8.37. The van der Waals surface area contributed by atoms with Gasteiger partial charge in [-0.25, -0.2) is 8.42 Å². The topological polar surface area (TPSA) is 95.2 Å². The van der Waals surface area contributed by atoms with Crippen molar-refractivity contribution in [2.24, 2.45) is 5.92 Å². The number of carbonyl (C=O) groups excluding carboxylic acids is 1. The van der Waals surface area contributed by atoms with E-state index in [1.165, 1.54) is 4.31 Å². The highest BCUT2D eigenvalue weighted by Crippen LogP contribution is 2.27. The second kappa shape index (κ2) is 7.38. The van der Waals surface area contributed by atoms with Crippen LogP contribution >= 0.6 is 11.6 Å². The molecular weight excluding hydrogens is 376 g/mol. The smallest absolute Gasteiger partial charge is 0.246 e. The number of amides is 1. The van der Waals surface area contributed by atoms with E-state index in [0.717, 1.165) is 0 Å². The first-order chi connectivity index (χ1) is 12.3. The van der Waals surface area contributed by atoms with Crippen LogP contribution in [0.25, 0.3) is 0 Å². The number of aryl methyl sites for hydroxylation is 2. The zero-order valence-electron chi connectivity index (χ0n) is 14.6. The van der Waals surface area contributed by atoms with Gasteiger partial charge in [-0.2, -0.15) is 9.40 Å². The number of rotatable bonds is 4. The molecule has 1 aromatic heterocycles. The molecule has 0 saturated carbocycles. The number of hydrogen-bond donors (Lipinski definition) is 2. The summed E-state index contributed by atoms with van der Waals surface area (Å²) < 4.78 is 27.3. The second-order valence-electron chi connectivity index (χ2n) is 6.46. The molecular formula is C17H21ClN4O3S. The highest BCUT2D eigenvalue weighted by molar-refractivity contribution is 7.89. The predicted molar refractivity (Wildman–Crippen MR) is 99.6 cm³/mol. The van der Waals surface area contributed by atoms with E-state index < -0.39 is 15.9 Å². The van der Waals surface area contributed by atoms with Gasteiger partial charge in [0.05, 0.1) is 17.3 Å². The molecule has 1 aromatic carbocycles. The van der Waals surface area contributed by atoms with Crippen molar-refractivity contribution in [1.82, 2.24) is 14.5 Å². The molecule has 3 rings (SSSR count). The molecule has 0 unspecified atom stereocenters. The van der Waals surface area contributed by atoms with E-state index in [1.54, 1.807) is 38.1 Å². The zero-order valence-corrected chi connectivity index (χ0v) is 16.2. The third-order valence-corrected chi connectivity index (χ3v) is 6.91. The monoisotopic (exact) mass is 396 g/mol. The van der Waals surface area contributed by atoms with Crippen molar-refractivity contribution in [2.75, 3.05) is 18.4 Å². The third kappa shape index (κ3) is 3.77. The van der Waals surface area contributed by atoms with E-state index in [1.807, 2.05) is 0 Å². The maximum Gasteiger partial charge on any atom is 0.246 e. The molecule has 1 saturated heterocycles. The summed E-state index contributed by atoms with van der Waals surface area (Å²) in [5.41, 5.74) is 1.59. The summed E-state index contributed by atoms with van der Waals surface area (Å²) in [6.45, 7) is 3.90.